The highest BCUT2D eigenvalue weighted by atomic mass is 16.6. The van der Waals surface area contributed by atoms with E-state index in [0.717, 1.165) is 109 Å². The van der Waals surface area contributed by atoms with Crippen LogP contribution in [0.15, 0.2) is 122 Å². The summed E-state index contributed by atoms with van der Waals surface area (Å²) in [5.41, 5.74) is 0. The fraction of sp³-hybridized carbons (Fsp3) is 0.617. The van der Waals surface area contributed by atoms with Gasteiger partial charge in [0.2, 0.25) is 0 Å². The lowest BCUT2D eigenvalue weighted by atomic mass is 10.0. The van der Waals surface area contributed by atoms with Gasteiger partial charge < -0.3 is 14.2 Å². The molecule has 1 unspecified atom stereocenters. The van der Waals surface area contributed by atoms with E-state index in [4.69, 9.17) is 14.2 Å². The fourth-order valence-electron chi connectivity index (χ4n) is 6.91. The smallest absolute Gasteiger partial charge is 0.306 e. The van der Waals surface area contributed by atoms with Crippen LogP contribution in [0.2, 0.25) is 0 Å². The quantitative estimate of drug-likeness (QED) is 0.0262. The molecule has 0 rings (SSSR count). The normalized spacial score (nSPS) is 13.1. The van der Waals surface area contributed by atoms with Gasteiger partial charge >= 0.3 is 17.9 Å². The number of esters is 3. The van der Waals surface area contributed by atoms with E-state index in [1.807, 2.05) is 54.7 Å². The lowest BCUT2D eigenvalue weighted by Gasteiger charge is -2.18. The highest BCUT2D eigenvalue weighted by Crippen LogP contribution is 2.14. The van der Waals surface area contributed by atoms with Gasteiger partial charge in [-0.1, -0.05) is 264 Å². The molecule has 0 spiro atoms. The third-order valence-electron chi connectivity index (χ3n) is 10.9. The number of ether oxygens (including phenoxy) is 3. The average Bonchev–Trinajstić information content (AvgIpc) is 3.31. The summed E-state index contributed by atoms with van der Waals surface area (Å²) in [5, 5.41) is 0. The number of hydrogen-bond acceptors (Lipinski definition) is 6. The maximum Gasteiger partial charge on any atom is 0.306 e. The summed E-state index contributed by atoms with van der Waals surface area (Å²) in [4.78, 5) is 38.0. The van der Waals surface area contributed by atoms with Crippen LogP contribution in [0.5, 0.6) is 0 Å². The minimum absolute atomic E-state index is 0.0990. The summed E-state index contributed by atoms with van der Waals surface area (Å²) in [6, 6.07) is 0. The van der Waals surface area contributed by atoms with Crippen LogP contribution in [0.25, 0.3) is 0 Å². The Bertz CT molecular complexity index is 1420. The predicted octanol–water partition coefficient (Wildman–Crippen LogP) is 17.7. The summed E-state index contributed by atoms with van der Waals surface area (Å²) >= 11 is 0. The Kier molecular flexibility index (Phi) is 50.0. The fourth-order valence-corrected chi connectivity index (χ4v) is 6.91. The van der Waals surface area contributed by atoms with Crippen LogP contribution >= 0.6 is 0 Å². The van der Waals surface area contributed by atoms with E-state index >= 15 is 0 Å². The third kappa shape index (κ3) is 50.8. The summed E-state index contributed by atoms with van der Waals surface area (Å²) in [5.74, 6) is -0.955. The first-order valence-corrected chi connectivity index (χ1v) is 26.7. The first-order chi connectivity index (χ1) is 32.5. The Morgan fingerprint density at radius 2 is 0.576 bits per heavy atom. The molecule has 6 nitrogen and oxygen atoms in total. The van der Waals surface area contributed by atoms with Gasteiger partial charge in [0, 0.05) is 19.3 Å². The molecule has 0 saturated carbocycles. The van der Waals surface area contributed by atoms with Gasteiger partial charge in [-0.05, 0) is 57.8 Å². The number of carbonyl (C=O) groups is 3. The van der Waals surface area contributed by atoms with Gasteiger partial charge in [-0.3, -0.25) is 14.4 Å². The van der Waals surface area contributed by atoms with Crippen LogP contribution < -0.4 is 0 Å². The molecule has 0 aliphatic heterocycles. The molecule has 0 radical (unpaired) electrons. The van der Waals surface area contributed by atoms with Crippen molar-refractivity contribution in [3.05, 3.63) is 122 Å². The molecule has 66 heavy (non-hydrogen) atoms. The second-order valence-electron chi connectivity index (χ2n) is 17.3. The summed E-state index contributed by atoms with van der Waals surface area (Å²) < 4.78 is 16.8. The SMILES string of the molecule is CCC\C=C/C=C\C=C/C=C\C=C/CCCCCCCC(=O)OCC(COC(=O)CCCCCCCCCCCCCC)OC(=O)CCCCCCC\C=C/C=C\C=C/C=C\C=C/CCC. The Morgan fingerprint density at radius 3 is 0.909 bits per heavy atom. The number of unbranched alkanes of at least 4 members (excludes halogenated alkanes) is 23. The van der Waals surface area contributed by atoms with Gasteiger partial charge in [0.15, 0.2) is 6.10 Å². The van der Waals surface area contributed by atoms with Crippen LogP contribution in [0.4, 0.5) is 0 Å². The molecule has 0 heterocycles. The van der Waals surface area contributed by atoms with Crippen LogP contribution in [0, 0.1) is 0 Å². The zero-order valence-electron chi connectivity index (χ0n) is 42.4. The zero-order chi connectivity index (χ0) is 47.9. The van der Waals surface area contributed by atoms with E-state index in [9.17, 15) is 14.4 Å². The van der Waals surface area contributed by atoms with Crippen LogP contribution in [-0.2, 0) is 28.6 Å². The van der Waals surface area contributed by atoms with E-state index < -0.39 is 6.10 Å². The van der Waals surface area contributed by atoms with Gasteiger partial charge in [0.1, 0.15) is 13.2 Å². The summed E-state index contributed by atoms with van der Waals surface area (Å²) in [6.45, 7) is 6.40. The standard InChI is InChI=1S/C60H96O6/c1-4-7-10-13-16-19-22-25-27-29-31-33-35-38-41-44-47-50-53-59(62)65-56-57(55-64-58(61)52-49-46-43-40-37-24-21-18-15-12-9-6-3)66-60(63)54-51-48-45-42-39-36-34-32-30-28-26-23-20-17-14-11-8-5-2/h10-11,13-14,16-17,19-20,22-23,25-34,57H,4-9,12,15,18,21,24,35-56H2,1-3H3/b13-10-,14-11-,19-16-,20-17-,25-22-,26-23-,29-27-,30-28-,33-31-,34-32-. The van der Waals surface area contributed by atoms with E-state index in [1.165, 1.54) is 70.6 Å². The topological polar surface area (TPSA) is 78.9 Å². The third-order valence-corrected chi connectivity index (χ3v) is 10.9. The highest BCUT2D eigenvalue weighted by molar-refractivity contribution is 5.71. The van der Waals surface area contributed by atoms with Gasteiger partial charge in [0.05, 0.1) is 0 Å². The maximum atomic E-state index is 12.8. The van der Waals surface area contributed by atoms with E-state index in [0.29, 0.717) is 19.3 Å². The minimum atomic E-state index is -0.804. The first kappa shape index (κ1) is 61.8. The number of rotatable bonds is 46. The molecule has 0 aromatic heterocycles. The molecule has 0 N–H and O–H groups in total. The van der Waals surface area contributed by atoms with Crippen molar-refractivity contribution < 1.29 is 28.6 Å². The maximum absolute atomic E-state index is 12.8. The van der Waals surface area contributed by atoms with Crippen LogP contribution in [0.3, 0.4) is 0 Å². The van der Waals surface area contributed by atoms with Crippen molar-refractivity contribution >= 4 is 17.9 Å². The molecular weight excluding hydrogens is 817 g/mol. The average molecular weight is 913 g/mol. The van der Waals surface area contributed by atoms with Crippen LogP contribution in [0.1, 0.15) is 220 Å². The number of carbonyl (C=O) groups excluding carboxylic acids is 3. The lowest BCUT2D eigenvalue weighted by molar-refractivity contribution is -0.167. The second-order valence-corrected chi connectivity index (χ2v) is 17.3. The first-order valence-electron chi connectivity index (χ1n) is 26.7. The summed E-state index contributed by atoms with van der Waals surface area (Å²) in [6.07, 6.45) is 73.1. The van der Waals surface area contributed by atoms with Gasteiger partial charge in [-0.2, -0.15) is 0 Å². The molecule has 0 aliphatic rings. The van der Waals surface area contributed by atoms with Crippen molar-refractivity contribution in [2.75, 3.05) is 13.2 Å². The minimum Gasteiger partial charge on any atom is -0.462 e. The largest absolute Gasteiger partial charge is 0.462 e. The molecule has 0 fully saturated rings. The number of allylic oxidation sites excluding steroid dienone is 20. The number of hydrogen-bond donors (Lipinski definition) is 0. The van der Waals surface area contributed by atoms with Crippen molar-refractivity contribution in [3.8, 4) is 0 Å². The second kappa shape index (κ2) is 53.4. The van der Waals surface area contributed by atoms with Crippen LogP contribution in [-0.4, -0.2) is 37.2 Å². The molecule has 0 saturated heterocycles. The molecule has 0 amide bonds. The van der Waals surface area contributed by atoms with Gasteiger partial charge in [-0.25, -0.2) is 0 Å². The molecular formula is C60H96O6. The van der Waals surface area contributed by atoms with Crippen molar-refractivity contribution in [1.29, 1.82) is 0 Å². The molecule has 0 aliphatic carbocycles. The Morgan fingerprint density at radius 1 is 0.303 bits per heavy atom. The molecule has 372 valence electrons. The monoisotopic (exact) mass is 913 g/mol. The Balaban J connectivity index is 4.52. The summed E-state index contributed by atoms with van der Waals surface area (Å²) in [7, 11) is 0. The molecule has 1 atom stereocenters. The van der Waals surface area contributed by atoms with Gasteiger partial charge in [0.25, 0.3) is 0 Å². The molecule has 6 heteroatoms. The van der Waals surface area contributed by atoms with E-state index in [1.54, 1.807) is 0 Å². The predicted molar refractivity (Wildman–Crippen MR) is 283 cm³/mol. The van der Waals surface area contributed by atoms with Crippen molar-refractivity contribution in [1.82, 2.24) is 0 Å². The van der Waals surface area contributed by atoms with E-state index in [-0.39, 0.29) is 31.1 Å². The lowest BCUT2D eigenvalue weighted by Crippen LogP contribution is -2.30. The van der Waals surface area contributed by atoms with Crippen molar-refractivity contribution in [3.63, 3.8) is 0 Å². The molecule has 0 bridgehead atoms. The van der Waals surface area contributed by atoms with Crippen molar-refractivity contribution in [2.45, 2.75) is 226 Å². The van der Waals surface area contributed by atoms with Gasteiger partial charge in [-0.15, -0.1) is 0 Å². The molecule has 0 aromatic rings. The zero-order valence-corrected chi connectivity index (χ0v) is 42.4. The Hall–Kier alpha value is -4.19. The highest BCUT2D eigenvalue weighted by Gasteiger charge is 2.19. The Labute approximate surface area is 405 Å². The molecule has 0 aromatic carbocycles. The van der Waals surface area contributed by atoms with Crippen molar-refractivity contribution in [2.24, 2.45) is 0 Å². The van der Waals surface area contributed by atoms with E-state index in [2.05, 4.69) is 87.6 Å².